The number of rotatable bonds is 6. The zero-order valence-electron chi connectivity index (χ0n) is 12.5. The zero-order chi connectivity index (χ0) is 15.5. The average Bonchev–Trinajstić information content (AvgIpc) is 2.71. The second-order valence-electron chi connectivity index (χ2n) is 5.19. The molecule has 112 valence electrons. The van der Waals surface area contributed by atoms with Gasteiger partial charge in [-0.05, 0) is 20.3 Å². The molecule has 0 atom stereocenters. The van der Waals surface area contributed by atoms with Crippen LogP contribution in [0.4, 0.5) is 11.5 Å². The Morgan fingerprint density at radius 2 is 2.10 bits per heavy atom. The number of nitrogens with one attached hydrogen (secondary N) is 2. The number of amides is 1. The second kappa shape index (κ2) is 5.89. The van der Waals surface area contributed by atoms with Gasteiger partial charge in [0.25, 0.3) is 0 Å². The van der Waals surface area contributed by atoms with Gasteiger partial charge < -0.3 is 10.6 Å². The van der Waals surface area contributed by atoms with Crippen LogP contribution in [0.5, 0.6) is 0 Å². The highest BCUT2D eigenvalue weighted by molar-refractivity contribution is 5.82. The monoisotopic (exact) mass is 283 g/mol. The van der Waals surface area contributed by atoms with Crippen LogP contribution in [0.1, 0.15) is 26.5 Å². The van der Waals surface area contributed by atoms with Gasteiger partial charge in [-0.1, -0.05) is 6.92 Å². The van der Waals surface area contributed by atoms with Crippen molar-refractivity contribution >= 4 is 17.4 Å². The van der Waals surface area contributed by atoms with Crippen molar-refractivity contribution in [2.45, 2.75) is 27.2 Å². The van der Waals surface area contributed by atoms with Gasteiger partial charge in [-0.2, -0.15) is 5.10 Å². The third kappa shape index (κ3) is 3.06. The summed E-state index contributed by atoms with van der Waals surface area (Å²) in [6.07, 6.45) is 0.477. The number of carbonyl (C=O) groups excluding carboxylic acids is 1. The first-order valence-electron chi connectivity index (χ1n) is 6.41. The molecule has 1 aromatic rings. The summed E-state index contributed by atoms with van der Waals surface area (Å²) in [5.74, 6) is 0.189. The minimum absolute atomic E-state index is 0.0253. The van der Waals surface area contributed by atoms with E-state index in [-0.39, 0.29) is 18.1 Å². The summed E-state index contributed by atoms with van der Waals surface area (Å²) in [6.45, 7) is 5.62. The van der Waals surface area contributed by atoms with Gasteiger partial charge in [-0.25, -0.2) is 4.68 Å². The molecule has 0 saturated carbocycles. The number of nitrogens with zero attached hydrogens (tertiary/aromatic N) is 3. The quantitative estimate of drug-likeness (QED) is 0.600. The van der Waals surface area contributed by atoms with E-state index in [0.717, 1.165) is 0 Å². The number of hydrogen-bond donors (Lipinski definition) is 2. The molecule has 1 rings (SSSR count). The molecule has 20 heavy (non-hydrogen) atoms. The maximum Gasteiger partial charge on any atom is 0.333 e. The summed E-state index contributed by atoms with van der Waals surface area (Å²) in [5, 5.41) is 20.8. The first-order valence-corrected chi connectivity index (χ1v) is 6.41. The van der Waals surface area contributed by atoms with E-state index in [1.54, 1.807) is 27.9 Å². The molecule has 0 fully saturated rings. The lowest BCUT2D eigenvalue weighted by atomic mass is 9.92. The third-order valence-corrected chi connectivity index (χ3v) is 3.15. The average molecular weight is 283 g/mol. The highest BCUT2D eigenvalue weighted by Gasteiger charge is 2.30. The molecule has 0 radical (unpaired) electrons. The highest BCUT2D eigenvalue weighted by atomic mass is 16.6. The minimum atomic E-state index is -0.681. The Hall–Kier alpha value is -2.12. The Kier molecular flexibility index (Phi) is 4.69. The molecule has 0 bridgehead atoms. The van der Waals surface area contributed by atoms with Crippen LogP contribution in [0, 0.1) is 15.5 Å². The fourth-order valence-corrected chi connectivity index (χ4v) is 1.92. The molecule has 1 heterocycles. The molecule has 0 aliphatic rings. The molecule has 0 aromatic carbocycles. The number of hydrogen-bond acceptors (Lipinski definition) is 5. The van der Waals surface area contributed by atoms with Crippen molar-refractivity contribution in [2.24, 2.45) is 12.5 Å². The molecule has 0 aliphatic heterocycles. The molecule has 1 aromatic heterocycles. The van der Waals surface area contributed by atoms with Gasteiger partial charge in [0.1, 0.15) is 5.69 Å². The summed E-state index contributed by atoms with van der Waals surface area (Å²) in [6, 6.07) is 0. The molecule has 8 nitrogen and oxygen atoms in total. The van der Waals surface area contributed by atoms with E-state index in [1.807, 2.05) is 6.92 Å². The van der Waals surface area contributed by atoms with Crippen molar-refractivity contribution in [1.29, 1.82) is 0 Å². The fourth-order valence-electron chi connectivity index (χ4n) is 1.92. The van der Waals surface area contributed by atoms with Crippen molar-refractivity contribution in [3.8, 4) is 0 Å². The first-order chi connectivity index (χ1) is 9.24. The molecule has 1 amide bonds. The topological polar surface area (TPSA) is 102 Å². The molecule has 8 heteroatoms. The SMILES string of the molecule is CCc1nn(C)c(NCC(C)(C)C(=O)NC)c1[N+](=O)[O-]. The summed E-state index contributed by atoms with van der Waals surface area (Å²) >= 11 is 0. The van der Waals surface area contributed by atoms with Gasteiger partial charge in [0, 0.05) is 20.6 Å². The molecule has 0 saturated heterocycles. The maximum absolute atomic E-state index is 11.7. The Morgan fingerprint density at radius 3 is 2.55 bits per heavy atom. The maximum atomic E-state index is 11.7. The van der Waals surface area contributed by atoms with Gasteiger partial charge in [0.05, 0.1) is 10.3 Å². The number of aryl methyl sites for hydroxylation is 2. The minimum Gasteiger partial charge on any atom is -0.363 e. The van der Waals surface area contributed by atoms with Crippen molar-refractivity contribution in [3.05, 3.63) is 15.8 Å². The summed E-state index contributed by atoms with van der Waals surface area (Å²) < 4.78 is 1.44. The first kappa shape index (κ1) is 15.9. The van der Waals surface area contributed by atoms with Crippen LogP contribution in [-0.2, 0) is 18.3 Å². The lowest BCUT2D eigenvalue weighted by molar-refractivity contribution is -0.384. The van der Waals surface area contributed by atoms with Crippen LogP contribution >= 0.6 is 0 Å². The van der Waals surface area contributed by atoms with Crippen molar-refractivity contribution in [2.75, 3.05) is 18.9 Å². The van der Waals surface area contributed by atoms with Gasteiger partial charge >= 0.3 is 5.69 Å². The summed E-state index contributed by atoms with van der Waals surface area (Å²) in [7, 11) is 3.20. The van der Waals surface area contributed by atoms with Crippen LogP contribution in [0.25, 0.3) is 0 Å². The lowest BCUT2D eigenvalue weighted by Crippen LogP contribution is -2.39. The molecular weight excluding hydrogens is 262 g/mol. The third-order valence-electron chi connectivity index (χ3n) is 3.15. The van der Waals surface area contributed by atoms with Gasteiger partial charge in [0.15, 0.2) is 0 Å². The van der Waals surface area contributed by atoms with E-state index in [0.29, 0.717) is 17.9 Å². The predicted molar refractivity (Wildman–Crippen MR) is 75.6 cm³/mol. The number of aromatic nitrogens is 2. The predicted octanol–water partition coefficient (Wildman–Crippen LogP) is 1.07. The van der Waals surface area contributed by atoms with Crippen LogP contribution in [0.3, 0.4) is 0 Å². The molecule has 0 aliphatic carbocycles. The van der Waals surface area contributed by atoms with E-state index >= 15 is 0 Å². The highest BCUT2D eigenvalue weighted by Crippen LogP contribution is 2.29. The molecule has 0 spiro atoms. The van der Waals surface area contributed by atoms with E-state index in [1.165, 1.54) is 4.68 Å². The smallest absolute Gasteiger partial charge is 0.333 e. The number of anilines is 1. The molecular formula is C12H21N5O3. The van der Waals surface area contributed by atoms with Crippen LogP contribution in [0.2, 0.25) is 0 Å². The standard InChI is InChI=1S/C12H21N5O3/c1-6-8-9(17(19)20)10(16(5)15-8)14-7-12(2,3)11(18)13-4/h14H,6-7H2,1-5H3,(H,13,18). The van der Waals surface area contributed by atoms with Crippen molar-refractivity contribution < 1.29 is 9.72 Å². The van der Waals surface area contributed by atoms with Crippen molar-refractivity contribution in [3.63, 3.8) is 0 Å². The summed E-state index contributed by atoms with van der Waals surface area (Å²) in [4.78, 5) is 22.4. The lowest BCUT2D eigenvalue weighted by Gasteiger charge is -2.23. The van der Waals surface area contributed by atoms with Crippen LogP contribution < -0.4 is 10.6 Å². The second-order valence-corrected chi connectivity index (χ2v) is 5.19. The largest absolute Gasteiger partial charge is 0.363 e. The van der Waals surface area contributed by atoms with E-state index in [2.05, 4.69) is 15.7 Å². The van der Waals surface area contributed by atoms with Crippen LogP contribution in [0.15, 0.2) is 0 Å². The normalized spacial score (nSPS) is 11.2. The van der Waals surface area contributed by atoms with Gasteiger partial charge in [-0.15, -0.1) is 0 Å². The Morgan fingerprint density at radius 1 is 1.50 bits per heavy atom. The van der Waals surface area contributed by atoms with Gasteiger partial charge in [0.2, 0.25) is 11.7 Å². The number of nitro groups is 1. The summed E-state index contributed by atoms with van der Waals surface area (Å²) in [5.41, 5.74) is -0.278. The van der Waals surface area contributed by atoms with Crippen LogP contribution in [-0.4, -0.2) is 34.2 Å². The van der Waals surface area contributed by atoms with Crippen molar-refractivity contribution in [1.82, 2.24) is 15.1 Å². The zero-order valence-corrected chi connectivity index (χ0v) is 12.5. The van der Waals surface area contributed by atoms with Gasteiger partial charge in [-0.3, -0.25) is 14.9 Å². The Bertz CT molecular complexity index is 521. The fraction of sp³-hybridized carbons (Fsp3) is 0.667. The molecule has 2 N–H and O–H groups in total. The Labute approximate surface area is 117 Å². The van der Waals surface area contributed by atoms with E-state index < -0.39 is 10.3 Å². The molecule has 0 unspecified atom stereocenters. The van der Waals surface area contributed by atoms with E-state index in [9.17, 15) is 14.9 Å². The number of carbonyl (C=O) groups is 1. The Balaban J connectivity index is 3.01. The van der Waals surface area contributed by atoms with E-state index in [4.69, 9.17) is 0 Å².